The van der Waals surface area contributed by atoms with Gasteiger partial charge in [-0.05, 0) is 49.9 Å². The Kier molecular flexibility index (Phi) is 6.72. The van der Waals surface area contributed by atoms with E-state index in [1.54, 1.807) is 6.20 Å². The van der Waals surface area contributed by atoms with Crippen molar-refractivity contribution in [3.8, 4) is 16.9 Å². The lowest BCUT2D eigenvalue weighted by Crippen LogP contribution is -2.42. The maximum absolute atomic E-state index is 13.0. The van der Waals surface area contributed by atoms with Crippen LogP contribution in [0.1, 0.15) is 30.1 Å². The van der Waals surface area contributed by atoms with Crippen molar-refractivity contribution in [2.24, 2.45) is 11.7 Å². The van der Waals surface area contributed by atoms with Crippen molar-refractivity contribution in [2.75, 3.05) is 13.1 Å². The van der Waals surface area contributed by atoms with E-state index in [2.05, 4.69) is 24.2 Å². The molecule has 3 aromatic rings. The van der Waals surface area contributed by atoms with Gasteiger partial charge in [0.25, 0.3) is 5.91 Å². The molecular formula is C23H27ClN4O. The number of aromatic nitrogens is 2. The fraction of sp³-hybridized carbons (Fsp3) is 0.304. The van der Waals surface area contributed by atoms with Crippen LogP contribution < -0.4 is 5.73 Å². The van der Waals surface area contributed by atoms with Gasteiger partial charge in [0, 0.05) is 30.3 Å². The van der Waals surface area contributed by atoms with E-state index in [0.717, 1.165) is 42.9 Å². The van der Waals surface area contributed by atoms with E-state index in [0.29, 0.717) is 11.5 Å². The molecule has 4 rings (SSSR count). The molecule has 0 spiro atoms. The summed E-state index contributed by atoms with van der Waals surface area (Å²) in [4.78, 5) is 15.0. The van der Waals surface area contributed by atoms with Crippen LogP contribution in [0.3, 0.4) is 0 Å². The first kappa shape index (κ1) is 21.1. The van der Waals surface area contributed by atoms with E-state index < -0.39 is 0 Å². The normalized spacial score (nSPS) is 15.6. The van der Waals surface area contributed by atoms with E-state index in [4.69, 9.17) is 5.73 Å². The molecule has 6 heteroatoms. The third-order valence-electron chi connectivity index (χ3n) is 5.62. The zero-order chi connectivity index (χ0) is 19.5. The van der Waals surface area contributed by atoms with Gasteiger partial charge >= 0.3 is 0 Å². The Morgan fingerprint density at radius 1 is 1.07 bits per heavy atom. The van der Waals surface area contributed by atoms with Crippen molar-refractivity contribution in [3.63, 3.8) is 0 Å². The molecule has 1 amide bonds. The summed E-state index contributed by atoms with van der Waals surface area (Å²) < 4.78 is 1.88. The van der Waals surface area contributed by atoms with Crippen molar-refractivity contribution >= 4 is 18.3 Å². The highest BCUT2D eigenvalue weighted by atomic mass is 35.5. The number of rotatable bonds is 4. The van der Waals surface area contributed by atoms with Crippen LogP contribution in [0, 0.1) is 5.92 Å². The molecule has 0 saturated carbocycles. The molecule has 1 aromatic heterocycles. The van der Waals surface area contributed by atoms with Gasteiger partial charge in [0.05, 0.1) is 17.6 Å². The van der Waals surface area contributed by atoms with Crippen molar-refractivity contribution < 1.29 is 4.79 Å². The Hall–Kier alpha value is -2.63. The topological polar surface area (TPSA) is 64.2 Å². The van der Waals surface area contributed by atoms with Gasteiger partial charge in [-0.3, -0.25) is 4.79 Å². The number of nitrogens with two attached hydrogens (primary N) is 1. The predicted octanol–water partition coefficient (Wildman–Crippen LogP) is 4.16. The number of carbonyl (C=O) groups is 1. The van der Waals surface area contributed by atoms with Crippen molar-refractivity contribution in [1.82, 2.24) is 14.7 Å². The molecule has 1 unspecified atom stereocenters. The molecule has 29 heavy (non-hydrogen) atoms. The Labute approximate surface area is 177 Å². The Balaban J connectivity index is 0.00000240. The van der Waals surface area contributed by atoms with Gasteiger partial charge in [-0.15, -0.1) is 12.4 Å². The maximum atomic E-state index is 13.0. The van der Waals surface area contributed by atoms with Gasteiger partial charge in [0.2, 0.25) is 0 Å². The summed E-state index contributed by atoms with van der Waals surface area (Å²) in [5.74, 6) is 0.589. The summed E-state index contributed by atoms with van der Waals surface area (Å²) in [7, 11) is 0. The summed E-state index contributed by atoms with van der Waals surface area (Å²) in [6.07, 6.45) is 3.73. The molecule has 0 radical (unpaired) electrons. The standard InChI is InChI=1S/C23H26N4O.ClH/c1-17(24)18-11-14-26(15-12-18)23(28)20-8-5-9-21(16-20)27-22(10-13-25-27)19-6-3-2-4-7-19;/h2-10,13,16-18H,11-12,14-15,24H2,1H3;1H. The van der Waals surface area contributed by atoms with Crippen LogP contribution in [0.15, 0.2) is 66.9 Å². The molecule has 1 atom stereocenters. The van der Waals surface area contributed by atoms with E-state index in [1.807, 2.05) is 58.1 Å². The number of amides is 1. The minimum Gasteiger partial charge on any atom is -0.339 e. The number of halogens is 1. The van der Waals surface area contributed by atoms with Gasteiger partial charge in [0.15, 0.2) is 0 Å². The summed E-state index contributed by atoms with van der Waals surface area (Å²) in [5, 5.41) is 4.48. The third-order valence-corrected chi connectivity index (χ3v) is 5.62. The van der Waals surface area contributed by atoms with E-state index >= 15 is 0 Å². The van der Waals surface area contributed by atoms with Crippen LogP contribution in [0.5, 0.6) is 0 Å². The average Bonchev–Trinajstić information content (AvgIpc) is 3.24. The highest BCUT2D eigenvalue weighted by molar-refractivity contribution is 5.94. The lowest BCUT2D eigenvalue weighted by atomic mass is 9.90. The lowest BCUT2D eigenvalue weighted by molar-refractivity contribution is 0.0681. The second kappa shape index (κ2) is 9.25. The van der Waals surface area contributed by atoms with Crippen LogP contribution in [0.2, 0.25) is 0 Å². The molecule has 5 nitrogen and oxygen atoms in total. The van der Waals surface area contributed by atoms with Crippen LogP contribution in [-0.2, 0) is 0 Å². The largest absolute Gasteiger partial charge is 0.339 e. The summed E-state index contributed by atoms with van der Waals surface area (Å²) >= 11 is 0. The van der Waals surface area contributed by atoms with Crippen molar-refractivity contribution in [2.45, 2.75) is 25.8 Å². The minimum absolute atomic E-state index is 0. The third kappa shape index (κ3) is 4.52. The Morgan fingerprint density at radius 3 is 2.48 bits per heavy atom. The van der Waals surface area contributed by atoms with Gasteiger partial charge in [-0.2, -0.15) is 5.10 Å². The summed E-state index contributed by atoms with van der Waals surface area (Å²) in [6, 6.07) is 20.0. The monoisotopic (exact) mass is 410 g/mol. The quantitative estimate of drug-likeness (QED) is 0.702. The average molecular weight is 411 g/mol. The predicted molar refractivity (Wildman–Crippen MR) is 119 cm³/mol. The van der Waals surface area contributed by atoms with Crippen LogP contribution >= 0.6 is 12.4 Å². The SMILES string of the molecule is CC(N)C1CCN(C(=O)c2cccc(-n3nccc3-c3ccccc3)c2)CC1.Cl. The molecule has 0 bridgehead atoms. The van der Waals surface area contributed by atoms with Crippen LogP contribution in [-0.4, -0.2) is 39.7 Å². The second-order valence-corrected chi connectivity index (χ2v) is 7.53. The molecule has 2 N–H and O–H groups in total. The number of piperidine rings is 1. The molecule has 2 heterocycles. The number of hydrogen-bond acceptors (Lipinski definition) is 3. The number of hydrogen-bond donors (Lipinski definition) is 1. The molecule has 1 fully saturated rings. The Bertz CT molecular complexity index is 946. The molecule has 1 saturated heterocycles. The lowest BCUT2D eigenvalue weighted by Gasteiger charge is -2.33. The molecule has 1 aliphatic heterocycles. The first-order valence-corrected chi connectivity index (χ1v) is 9.88. The Morgan fingerprint density at radius 2 is 1.79 bits per heavy atom. The zero-order valence-electron chi connectivity index (χ0n) is 16.6. The summed E-state index contributed by atoms with van der Waals surface area (Å²) in [6.45, 7) is 3.60. The number of carbonyl (C=O) groups excluding carboxylic acids is 1. The number of likely N-dealkylation sites (tertiary alicyclic amines) is 1. The van der Waals surface area contributed by atoms with Crippen molar-refractivity contribution in [1.29, 1.82) is 0 Å². The highest BCUT2D eigenvalue weighted by Gasteiger charge is 2.25. The molecule has 152 valence electrons. The fourth-order valence-corrected chi connectivity index (χ4v) is 3.92. The molecular weight excluding hydrogens is 384 g/mol. The molecule has 0 aliphatic carbocycles. The van der Waals surface area contributed by atoms with Crippen molar-refractivity contribution in [3.05, 3.63) is 72.4 Å². The second-order valence-electron chi connectivity index (χ2n) is 7.53. The van der Waals surface area contributed by atoms with Gasteiger partial charge in [0.1, 0.15) is 0 Å². The fourth-order valence-electron chi connectivity index (χ4n) is 3.92. The van der Waals surface area contributed by atoms with Gasteiger partial charge in [-0.25, -0.2) is 4.68 Å². The molecule has 2 aromatic carbocycles. The highest BCUT2D eigenvalue weighted by Crippen LogP contribution is 2.24. The van der Waals surface area contributed by atoms with Crippen LogP contribution in [0.4, 0.5) is 0 Å². The van der Waals surface area contributed by atoms with Gasteiger partial charge in [-0.1, -0.05) is 36.4 Å². The number of benzene rings is 2. The van der Waals surface area contributed by atoms with Gasteiger partial charge < -0.3 is 10.6 Å². The van der Waals surface area contributed by atoms with E-state index in [1.165, 1.54) is 0 Å². The smallest absolute Gasteiger partial charge is 0.253 e. The summed E-state index contributed by atoms with van der Waals surface area (Å²) in [5.41, 5.74) is 9.71. The first-order valence-electron chi connectivity index (χ1n) is 9.88. The minimum atomic E-state index is 0. The van der Waals surface area contributed by atoms with E-state index in [9.17, 15) is 4.79 Å². The van der Waals surface area contributed by atoms with E-state index in [-0.39, 0.29) is 24.4 Å². The molecule has 1 aliphatic rings. The van der Waals surface area contributed by atoms with Crippen LogP contribution in [0.25, 0.3) is 16.9 Å². The maximum Gasteiger partial charge on any atom is 0.253 e. The zero-order valence-corrected chi connectivity index (χ0v) is 17.4. The first-order chi connectivity index (χ1) is 13.6. The number of nitrogens with zero attached hydrogens (tertiary/aromatic N) is 3.